The maximum atomic E-state index is 11.6. The van der Waals surface area contributed by atoms with E-state index in [0.29, 0.717) is 12.2 Å². The first-order valence-corrected chi connectivity index (χ1v) is 8.47. The van der Waals surface area contributed by atoms with Crippen molar-refractivity contribution in [1.82, 2.24) is 14.9 Å². The van der Waals surface area contributed by atoms with Crippen molar-refractivity contribution in [3.63, 3.8) is 0 Å². The van der Waals surface area contributed by atoms with Crippen molar-refractivity contribution in [3.05, 3.63) is 53.5 Å². The van der Waals surface area contributed by atoms with Gasteiger partial charge in [-0.1, -0.05) is 25.1 Å². The predicted molar refractivity (Wildman–Crippen MR) is 99.0 cm³/mol. The Morgan fingerprint density at radius 3 is 2.88 bits per heavy atom. The number of nitrogens with two attached hydrogens (primary N) is 1. The quantitative estimate of drug-likeness (QED) is 0.745. The molecule has 0 aliphatic carbocycles. The minimum absolute atomic E-state index is 0.305. The molecule has 2 N–H and O–H groups in total. The Morgan fingerprint density at radius 2 is 2.16 bits per heavy atom. The average Bonchev–Trinajstić information content (AvgIpc) is 3.00. The Labute approximate surface area is 146 Å². The van der Waals surface area contributed by atoms with E-state index in [2.05, 4.69) is 22.9 Å². The van der Waals surface area contributed by atoms with Crippen molar-refractivity contribution in [2.45, 2.75) is 26.4 Å². The molecule has 0 bridgehead atoms. The Bertz CT molecular complexity index is 983. The number of fused-ring (bicyclic) bond motifs is 2. The molecular formula is C20H20N4O. The molecule has 0 fully saturated rings. The van der Waals surface area contributed by atoms with Gasteiger partial charge in [0.05, 0.1) is 17.3 Å². The molecule has 3 aromatic rings. The molecule has 126 valence electrons. The highest BCUT2D eigenvalue weighted by molar-refractivity contribution is 6.02. The fourth-order valence-corrected chi connectivity index (χ4v) is 3.73. The highest BCUT2D eigenvalue weighted by atomic mass is 16.1. The van der Waals surface area contributed by atoms with E-state index >= 15 is 0 Å². The average molecular weight is 332 g/mol. The molecule has 1 aliphatic heterocycles. The number of aldehydes is 1. The van der Waals surface area contributed by atoms with Crippen LogP contribution in [0.2, 0.25) is 0 Å². The van der Waals surface area contributed by atoms with Gasteiger partial charge in [0.2, 0.25) is 0 Å². The highest BCUT2D eigenvalue weighted by Gasteiger charge is 2.33. The lowest BCUT2D eigenvalue weighted by atomic mass is 9.96. The summed E-state index contributed by atoms with van der Waals surface area (Å²) in [6.07, 6.45) is 4.62. The van der Waals surface area contributed by atoms with Gasteiger partial charge in [-0.2, -0.15) is 0 Å². The number of nitrogen functional groups attached to an aromatic ring is 1. The number of hydrogen-bond donors (Lipinski definition) is 1. The number of pyridine rings is 2. The number of aryl methyl sites for hydroxylation is 1. The zero-order chi connectivity index (χ0) is 17.6. The van der Waals surface area contributed by atoms with Crippen LogP contribution in [0.4, 0.5) is 5.69 Å². The summed E-state index contributed by atoms with van der Waals surface area (Å²) in [6, 6.07) is 7.70. The van der Waals surface area contributed by atoms with E-state index in [1.54, 1.807) is 6.20 Å². The fourth-order valence-electron chi connectivity index (χ4n) is 3.73. The Morgan fingerprint density at radius 1 is 1.32 bits per heavy atom. The topological polar surface area (TPSA) is 72.1 Å². The van der Waals surface area contributed by atoms with E-state index in [4.69, 9.17) is 10.7 Å². The van der Waals surface area contributed by atoms with Gasteiger partial charge in [0.1, 0.15) is 6.29 Å². The maximum Gasteiger partial charge on any atom is 0.141 e. The molecule has 1 aliphatic rings. The summed E-state index contributed by atoms with van der Waals surface area (Å²) >= 11 is 0. The molecule has 1 atom stereocenters. The van der Waals surface area contributed by atoms with Crippen LogP contribution in [0.1, 0.15) is 29.8 Å². The molecule has 0 saturated heterocycles. The highest BCUT2D eigenvalue weighted by Crippen LogP contribution is 2.41. The van der Waals surface area contributed by atoms with Crippen molar-refractivity contribution in [2.75, 3.05) is 12.3 Å². The largest absolute Gasteiger partial charge is 0.398 e. The SMILES string of the molecule is CCN1Cc2nc3c(-c4cnccc4C)cccc3c(N)c2C1C=O. The fraction of sp³-hybridized carbons (Fsp3) is 0.250. The minimum Gasteiger partial charge on any atom is -0.398 e. The third kappa shape index (κ3) is 2.31. The number of anilines is 1. The molecule has 25 heavy (non-hydrogen) atoms. The third-order valence-corrected chi connectivity index (χ3v) is 5.08. The van der Waals surface area contributed by atoms with Crippen LogP contribution in [0.5, 0.6) is 0 Å². The maximum absolute atomic E-state index is 11.6. The number of benzene rings is 1. The second kappa shape index (κ2) is 5.93. The van der Waals surface area contributed by atoms with Crippen LogP contribution in [0.25, 0.3) is 22.0 Å². The monoisotopic (exact) mass is 332 g/mol. The first-order valence-electron chi connectivity index (χ1n) is 8.47. The van der Waals surface area contributed by atoms with Crippen molar-refractivity contribution in [2.24, 2.45) is 0 Å². The molecule has 5 nitrogen and oxygen atoms in total. The van der Waals surface area contributed by atoms with E-state index in [1.165, 1.54) is 0 Å². The van der Waals surface area contributed by atoms with Crippen LogP contribution in [0.3, 0.4) is 0 Å². The van der Waals surface area contributed by atoms with E-state index in [9.17, 15) is 4.79 Å². The lowest BCUT2D eigenvalue weighted by Gasteiger charge is -2.18. The van der Waals surface area contributed by atoms with Crippen molar-refractivity contribution >= 4 is 22.9 Å². The molecule has 0 amide bonds. The van der Waals surface area contributed by atoms with Gasteiger partial charge in [-0.3, -0.25) is 14.9 Å². The molecular weight excluding hydrogens is 312 g/mol. The number of carbonyl (C=O) groups excluding carboxylic acids is 1. The molecule has 2 aromatic heterocycles. The summed E-state index contributed by atoms with van der Waals surface area (Å²) in [6.45, 7) is 5.54. The van der Waals surface area contributed by atoms with Gasteiger partial charge < -0.3 is 10.5 Å². The summed E-state index contributed by atoms with van der Waals surface area (Å²) in [4.78, 5) is 22.9. The first kappa shape index (κ1) is 15.7. The van der Waals surface area contributed by atoms with Gasteiger partial charge in [0.15, 0.2) is 0 Å². The van der Waals surface area contributed by atoms with Gasteiger partial charge in [0.25, 0.3) is 0 Å². The summed E-state index contributed by atoms with van der Waals surface area (Å²) in [5.74, 6) is 0. The standard InChI is InChI=1S/C20H20N4O/c1-3-24-10-16-18(17(24)11-25)19(21)14-6-4-5-13(20(14)23-16)15-9-22-8-7-12(15)2/h4-9,11,17H,3,10H2,1-2H3,(H2,21,23). The summed E-state index contributed by atoms with van der Waals surface area (Å²) in [7, 11) is 0. The Balaban J connectivity index is 2.01. The molecule has 4 rings (SSSR count). The van der Waals surface area contributed by atoms with Crippen molar-refractivity contribution < 1.29 is 4.79 Å². The van der Waals surface area contributed by atoms with Crippen molar-refractivity contribution in [1.29, 1.82) is 0 Å². The van der Waals surface area contributed by atoms with Gasteiger partial charge in [0, 0.05) is 46.7 Å². The van der Waals surface area contributed by atoms with Crippen LogP contribution in [0, 0.1) is 6.92 Å². The number of likely N-dealkylation sites (N-methyl/N-ethyl adjacent to an activating group) is 1. The van der Waals surface area contributed by atoms with Crippen LogP contribution in [-0.2, 0) is 11.3 Å². The lowest BCUT2D eigenvalue weighted by molar-refractivity contribution is -0.112. The van der Waals surface area contributed by atoms with E-state index in [0.717, 1.165) is 51.7 Å². The molecule has 0 saturated carbocycles. The van der Waals surface area contributed by atoms with Gasteiger partial charge in [-0.15, -0.1) is 0 Å². The molecule has 3 heterocycles. The van der Waals surface area contributed by atoms with Gasteiger partial charge in [-0.25, -0.2) is 0 Å². The molecule has 5 heteroatoms. The zero-order valence-electron chi connectivity index (χ0n) is 14.4. The zero-order valence-corrected chi connectivity index (χ0v) is 14.4. The second-order valence-corrected chi connectivity index (χ2v) is 6.42. The number of para-hydroxylation sites is 1. The van der Waals surface area contributed by atoms with Crippen LogP contribution < -0.4 is 5.73 Å². The summed E-state index contributed by atoms with van der Waals surface area (Å²) in [5, 5.41) is 0.893. The van der Waals surface area contributed by atoms with Crippen LogP contribution in [-0.4, -0.2) is 27.7 Å². The van der Waals surface area contributed by atoms with Crippen molar-refractivity contribution in [3.8, 4) is 11.1 Å². The van der Waals surface area contributed by atoms with Crippen LogP contribution >= 0.6 is 0 Å². The number of carbonyl (C=O) groups is 1. The lowest BCUT2D eigenvalue weighted by Crippen LogP contribution is -2.22. The molecule has 1 aromatic carbocycles. The number of nitrogens with zero attached hydrogens (tertiary/aromatic N) is 3. The third-order valence-electron chi connectivity index (χ3n) is 5.08. The second-order valence-electron chi connectivity index (χ2n) is 6.42. The number of rotatable bonds is 3. The summed E-state index contributed by atoms with van der Waals surface area (Å²) in [5.41, 5.74) is 13.0. The van der Waals surface area contributed by atoms with E-state index in [1.807, 2.05) is 31.3 Å². The Hall–Kier alpha value is -2.79. The van der Waals surface area contributed by atoms with Gasteiger partial charge in [-0.05, 0) is 25.1 Å². The van der Waals surface area contributed by atoms with E-state index < -0.39 is 0 Å². The summed E-state index contributed by atoms with van der Waals surface area (Å²) < 4.78 is 0. The smallest absolute Gasteiger partial charge is 0.141 e. The minimum atomic E-state index is -0.305. The number of aromatic nitrogens is 2. The van der Waals surface area contributed by atoms with Crippen LogP contribution in [0.15, 0.2) is 36.7 Å². The molecule has 0 radical (unpaired) electrons. The number of hydrogen-bond acceptors (Lipinski definition) is 5. The molecule has 0 spiro atoms. The first-order chi connectivity index (χ1) is 12.2. The predicted octanol–water partition coefficient (Wildman–Crippen LogP) is 3.26. The van der Waals surface area contributed by atoms with E-state index in [-0.39, 0.29) is 6.04 Å². The van der Waals surface area contributed by atoms with Gasteiger partial charge >= 0.3 is 0 Å². The Kier molecular flexibility index (Phi) is 3.73. The molecule has 1 unspecified atom stereocenters. The normalized spacial score (nSPS) is 17.0.